The van der Waals surface area contributed by atoms with Crippen LogP contribution in [-0.4, -0.2) is 19.0 Å². The fourth-order valence-corrected chi connectivity index (χ4v) is 4.56. The van der Waals surface area contributed by atoms with Gasteiger partial charge in [-0.05, 0) is 12.5 Å². The van der Waals surface area contributed by atoms with E-state index in [4.69, 9.17) is 0 Å². The van der Waals surface area contributed by atoms with Crippen LogP contribution in [0.3, 0.4) is 0 Å². The van der Waals surface area contributed by atoms with Crippen molar-refractivity contribution in [2.24, 2.45) is 5.41 Å². The normalized spacial score (nSPS) is 27.7. The molecule has 1 aliphatic carbocycles. The van der Waals surface area contributed by atoms with Gasteiger partial charge in [0.25, 0.3) is 0 Å². The Kier molecular flexibility index (Phi) is 4.62. The minimum Gasteiger partial charge on any atom is -0.102 e. The van der Waals surface area contributed by atoms with Crippen LogP contribution in [0, 0.1) is 5.41 Å². The lowest BCUT2D eigenvalue weighted by Gasteiger charge is -2.28. The topological polar surface area (TPSA) is 0 Å². The minimum absolute atomic E-state index is 0.130. The Morgan fingerprint density at radius 1 is 1.50 bits per heavy atom. The summed E-state index contributed by atoms with van der Waals surface area (Å²) in [6.07, 6.45) is 10.6. The molecule has 0 saturated carbocycles. The maximum Gasteiger partial charge on any atom is 0.0217 e. The lowest BCUT2D eigenvalue weighted by molar-refractivity contribution is 0.552. The van der Waals surface area contributed by atoms with Gasteiger partial charge in [-0.15, -0.1) is 6.58 Å². The van der Waals surface area contributed by atoms with Crippen molar-refractivity contribution in [3.05, 3.63) is 36.5 Å². The van der Waals surface area contributed by atoms with Crippen LogP contribution < -0.4 is 0 Å². The second kappa shape index (κ2) is 5.51. The highest BCUT2D eigenvalue weighted by molar-refractivity contribution is 6.34. The highest BCUT2D eigenvalue weighted by Gasteiger charge is 2.23. The van der Waals surface area contributed by atoms with Gasteiger partial charge in [0.2, 0.25) is 0 Å². The molecular weight excluding hydrogens is 200 g/mol. The van der Waals surface area contributed by atoms with E-state index in [0.717, 1.165) is 0 Å². The quantitative estimate of drug-likeness (QED) is 0.495. The van der Waals surface area contributed by atoms with E-state index in [1.807, 2.05) is 0 Å². The summed E-state index contributed by atoms with van der Waals surface area (Å²) in [5, 5.41) is 0. The van der Waals surface area contributed by atoms with Gasteiger partial charge >= 0.3 is 0 Å². The Morgan fingerprint density at radius 3 is 2.71 bits per heavy atom. The maximum atomic E-state index is 4.00. The second-order valence-electron chi connectivity index (χ2n) is 4.25. The fourth-order valence-electron chi connectivity index (χ4n) is 2.11. The molecule has 0 aromatic rings. The lowest BCUT2D eigenvalue weighted by Crippen LogP contribution is -2.17. The molecular formula is C12H22Si2. The molecule has 0 aromatic heterocycles. The minimum atomic E-state index is 0.130. The smallest absolute Gasteiger partial charge is 0.0217 e. The zero-order valence-electron chi connectivity index (χ0n) is 9.55. The molecule has 2 heteroatoms. The monoisotopic (exact) mass is 222 g/mol. The summed E-state index contributed by atoms with van der Waals surface area (Å²) in [7, 11) is 0.308. The molecule has 1 aliphatic rings. The van der Waals surface area contributed by atoms with Gasteiger partial charge < -0.3 is 0 Å². The maximum absolute atomic E-state index is 4.00. The zero-order chi connectivity index (χ0) is 10.4. The van der Waals surface area contributed by atoms with Crippen LogP contribution in [0.1, 0.15) is 6.42 Å². The summed E-state index contributed by atoms with van der Waals surface area (Å²) in [4.78, 5) is 0. The molecule has 0 bridgehead atoms. The van der Waals surface area contributed by atoms with E-state index in [1.165, 1.54) is 18.5 Å². The molecule has 78 valence electrons. The first-order valence-corrected chi connectivity index (χ1v) is 10.6. The Labute approximate surface area is 92.8 Å². The molecule has 0 N–H and O–H groups in total. The lowest BCUT2D eigenvalue weighted by atomic mass is 9.82. The van der Waals surface area contributed by atoms with Crippen LogP contribution in [0.2, 0.25) is 25.2 Å². The molecule has 1 rings (SSSR count). The molecule has 0 saturated heterocycles. The predicted octanol–water partition coefficient (Wildman–Crippen LogP) is 2.32. The third-order valence-electron chi connectivity index (χ3n) is 3.03. The van der Waals surface area contributed by atoms with E-state index < -0.39 is 0 Å². The molecule has 0 heterocycles. The average molecular weight is 222 g/mol. The van der Waals surface area contributed by atoms with Crippen molar-refractivity contribution in [2.75, 3.05) is 0 Å². The zero-order valence-corrected chi connectivity index (χ0v) is 12.4. The summed E-state index contributed by atoms with van der Waals surface area (Å²) >= 11 is 0. The van der Waals surface area contributed by atoms with Crippen molar-refractivity contribution in [1.29, 1.82) is 0 Å². The van der Waals surface area contributed by atoms with Gasteiger partial charge in [-0.3, -0.25) is 0 Å². The SMILES string of the molecule is C=CC1(C[SiH2]C)C=CC(C[SiH2]C)=CC1. The predicted molar refractivity (Wildman–Crippen MR) is 72.9 cm³/mol. The van der Waals surface area contributed by atoms with Crippen molar-refractivity contribution in [3.8, 4) is 0 Å². The van der Waals surface area contributed by atoms with Gasteiger partial charge in [-0.1, -0.05) is 49.0 Å². The van der Waals surface area contributed by atoms with E-state index in [0.29, 0.717) is 5.41 Å². The molecule has 0 radical (unpaired) electrons. The molecule has 1 unspecified atom stereocenters. The Morgan fingerprint density at radius 2 is 2.29 bits per heavy atom. The fraction of sp³-hybridized carbons (Fsp3) is 0.500. The first kappa shape index (κ1) is 11.7. The number of hydrogen-bond donors (Lipinski definition) is 0. The molecule has 1 atom stereocenters. The van der Waals surface area contributed by atoms with Crippen molar-refractivity contribution in [2.45, 2.75) is 31.6 Å². The summed E-state index contributed by atoms with van der Waals surface area (Å²) in [5.41, 5.74) is 1.91. The molecule has 14 heavy (non-hydrogen) atoms. The van der Waals surface area contributed by atoms with Gasteiger partial charge in [0.15, 0.2) is 0 Å². The number of rotatable bonds is 5. The van der Waals surface area contributed by atoms with Crippen LogP contribution >= 0.6 is 0 Å². The van der Waals surface area contributed by atoms with Crippen molar-refractivity contribution in [1.82, 2.24) is 0 Å². The molecule has 0 spiro atoms. The largest absolute Gasteiger partial charge is 0.102 e. The highest BCUT2D eigenvalue weighted by atomic mass is 28.2. The van der Waals surface area contributed by atoms with Crippen LogP contribution in [0.5, 0.6) is 0 Å². The van der Waals surface area contributed by atoms with Crippen molar-refractivity contribution < 1.29 is 0 Å². The summed E-state index contributed by atoms with van der Waals surface area (Å²) in [6, 6.07) is 2.74. The van der Waals surface area contributed by atoms with Crippen molar-refractivity contribution >= 4 is 19.0 Å². The Balaban J connectivity index is 2.64. The van der Waals surface area contributed by atoms with E-state index in [9.17, 15) is 0 Å². The van der Waals surface area contributed by atoms with Gasteiger partial charge in [0.1, 0.15) is 0 Å². The standard InChI is InChI=1S/C12H22Si2/c1-4-12(10-14-3)7-5-11(6-8-12)9-13-2/h4-7H,1,8-10,13-14H2,2-3H3. The Bertz CT molecular complexity index is 253. The van der Waals surface area contributed by atoms with Crippen LogP contribution in [-0.2, 0) is 0 Å². The van der Waals surface area contributed by atoms with E-state index >= 15 is 0 Å². The third-order valence-corrected chi connectivity index (χ3v) is 5.54. The first-order valence-electron chi connectivity index (χ1n) is 5.78. The third kappa shape index (κ3) is 2.82. The van der Waals surface area contributed by atoms with E-state index in [1.54, 1.807) is 5.57 Å². The van der Waals surface area contributed by atoms with E-state index in [2.05, 4.69) is 44.0 Å². The van der Waals surface area contributed by atoms with Crippen LogP contribution in [0.15, 0.2) is 36.5 Å². The molecule has 0 aromatic carbocycles. The van der Waals surface area contributed by atoms with Crippen LogP contribution in [0.25, 0.3) is 0 Å². The van der Waals surface area contributed by atoms with Crippen molar-refractivity contribution in [3.63, 3.8) is 0 Å². The summed E-state index contributed by atoms with van der Waals surface area (Å²) in [6.45, 7) is 8.76. The van der Waals surface area contributed by atoms with Gasteiger partial charge in [-0.2, -0.15) is 0 Å². The molecule has 0 nitrogen and oxygen atoms in total. The first-order chi connectivity index (χ1) is 6.76. The van der Waals surface area contributed by atoms with E-state index in [-0.39, 0.29) is 19.0 Å². The highest BCUT2D eigenvalue weighted by Crippen LogP contribution is 2.35. The molecule has 0 aliphatic heterocycles. The van der Waals surface area contributed by atoms with Gasteiger partial charge in [0, 0.05) is 24.5 Å². The van der Waals surface area contributed by atoms with Crippen LogP contribution in [0.4, 0.5) is 0 Å². The molecule has 0 fully saturated rings. The molecule has 0 amide bonds. The second-order valence-corrected chi connectivity index (χ2v) is 7.25. The Hall–Kier alpha value is -0.346. The summed E-state index contributed by atoms with van der Waals surface area (Å²) < 4.78 is 0. The van der Waals surface area contributed by atoms with Gasteiger partial charge in [0.05, 0.1) is 0 Å². The summed E-state index contributed by atoms with van der Waals surface area (Å²) in [5.74, 6) is 0. The van der Waals surface area contributed by atoms with Gasteiger partial charge in [-0.25, -0.2) is 0 Å². The number of allylic oxidation sites excluding steroid dienone is 5. The number of hydrogen-bond acceptors (Lipinski definition) is 0. The average Bonchev–Trinajstić information content (AvgIpc) is 2.22.